The van der Waals surface area contributed by atoms with Crippen LogP contribution in [0, 0.1) is 0 Å². The third-order valence-electron chi connectivity index (χ3n) is 8.18. The van der Waals surface area contributed by atoms with Crippen LogP contribution in [0.15, 0.2) is 48.6 Å². The van der Waals surface area contributed by atoms with Gasteiger partial charge in [-0.3, -0.25) is 9.59 Å². The van der Waals surface area contributed by atoms with Gasteiger partial charge >= 0.3 is 11.9 Å². The molecule has 0 saturated carbocycles. The fraction of sp³-hybridized carbons (Fsp3) is 0.762. The van der Waals surface area contributed by atoms with E-state index in [0.29, 0.717) is 26.1 Å². The second-order valence-electron chi connectivity index (χ2n) is 12.9. The van der Waals surface area contributed by atoms with Crippen molar-refractivity contribution in [3.63, 3.8) is 0 Å². The molecule has 0 amide bonds. The number of allylic oxidation sites excluding steroid dienone is 8. The Kier molecular flexibility index (Phi) is 38.2. The maximum absolute atomic E-state index is 11.9. The molecule has 0 unspecified atom stereocenters. The summed E-state index contributed by atoms with van der Waals surface area (Å²) in [6, 6.07) is 0. The Morgan fingerprint density at radius 1 is 0.426 bits per heavy atom. The van der Waals surface area contributed by atoms with Crippen LogP contribution in [0.5, 0.6) is 0 Å². The van der Waals surface area contributed by atoms with Crippen molar-refractivity contribution in [2.45, 2.75) is 181 Å². The SMILES string of the molecule is CCCCC/C=C\C/C=C\CCCCCCCC(=O)OCCCNCCCOC(=O)CCCCCCC/C=C\C/C=C\CCCCC. The molecule has 0 aromatic heterocycles. The molecule has 0 atom stereocenters. The molecule has 0 rings (SSSR count). The minimum Gasteiger partial charge on any atom is -0.466 e. The summed E-state index contributed by atoms with van der Waals surface area (Å²) in [7, 11) is 0. The van der Waals surface area contributed by atoms with E-state index in [1.54, 1.807) is 0 Å². The minimum absolute atomic E-state index is 0.0771. The van der Waals surface area contributed by atoms with E-state index in [4.69, 9.17) is 9.47 Å². The highest BCUT2D eigenvalue weighted by Crippen LogP contribution is 2.10. The maximum Gasteiger partial charge on any atom is 0.305 e. The third kappa shape index (κ3) is 40.0. The Hall–Kier alpha value is -2.14. The summed E-state index contributed by atoms with van der Waals surface area (Å²) in [4.78, 5) is 23.9. The van der Waals surface area contributed by atoms with Gasteiger partial charge in [-0.15, -0.1) is 0 Å². The summed E-state index contributed by atoms with van der Waals surface area (Å²) in [6.07, 6.45) is 47.1. The van der Waals surface area contributed by atoms with E-state index >= 15 is 0 Å². The lowest BCUT2D eigenvalue weighted by atomic mass is 10.1. The van der Waals surface area contributed by atoms with Crippen LogP contribution in [0.4, 0.5) is 0 Å². The Morgan fingerprint density at radius 3 is 1.15 bits per heavy atom. The lowest BCUT2D eigenvalue weighted by Gasteiger charge is -2.07. The highest BCUT2D eigenvalue weighted by Gasteiger charge is 2.04. The first kappa shape index (κ1) is 44.9. The molecule has 272 valence electrons. The van der Waals surface area contributed by atoms with Gasteiger partial charge in [0, 0.05) is 12.8 Å². The third-order valence-corrected chi connectivity index (χ3v) is 8.18. The van der Waals surface area contributed by atoms with Gasteiger partial charge in [-0.25, -0.2) is 0 Å². The predicted octanol–water partition coefficient (Wildman–Crippen LogP) is 12.1. The Morgan fingerprint density at radius 2 is 0.766 bits per heavy atom. The van der Waals surface area contributed by atoms with Gasteiger partial charge in [0.1, 0.15) is 0 Å². The molecule has 0 heterocycles. The molecule has 0 saturated heterocycles. The van der Waals surface area contributed by atoms with E-state index in [-0.39, 0.29) is 11.9 Å². The van der Waals surface area contributed by atoms with E-state index < -0.39 is 0 Å². The molecule has 0 aromatic carbocycles. The number of rotatable bonds is 36. The molecule has 5 heteroatoms. The van der Waals surface area contributed by atoms with Crippen molar-refractivity contribution < 1.29 is 19.1 Å². The number of hydrogen-bond acceptors (Lipinski definition) is 5. The topological polar surface area (TPSA) is 64.6 Å². The van der Waals surface area contributed by atoms with Gasteiger partial charge in [-0.05, 0) is 103 Å². The summed E-state index contributed by atoms with van der Waals surface area (Å²) in [6.45, 7) is 7.03. The second-order valence-corrected chi connectivity index (χ2v) is 12.9. The summed E-state index contributed by atoms with van der Waals surface area (Å²) >= 11 is 0. The lowest BCUT2D eigenvalue weighted by molar-refractivity contribution is -0.144. The van der Waals surface area contributed by atoms with Gasteiger partial charge in [0.15, 0.2) is 0 Å². The Bertz CT molecular complexity index is 721. The smallest absolute Gasteiger partial charge is 0.305 e. The highest BCUT2D eigenvalue weighted by molar-refractivity contribution is 5.69. The number of nitrogens with one attached hydrogen (secondary N) is 1. The zero-order chi connectivity index (χ0) is 34.1. The van der Waals surface area contributed by atoms with Crippen molar-refractivity contribution in [2.24, 2.45) is 0 Å². The van der Waals surface area contributed by atoms with Gasteiger partial charge < -0.3 is 14.8 Å². The molecule has 5 nitrogen and oxygen atoms in total. The summed E-state index contributed by atoms with van der Waals surface area (Å²) in [5, 5.41) is 3.33. The molecule has 1 N–H and O–H groups in total. The first-order valence-electron chi connectivity index (χ1n) is 19.8. The molecule has 0 aromatic rings. The highest BCUT2D eigenvalue weighted by atomic mass is 16.5. The second kappa shape index (κ2) is 40.0. The van der Waals surface area contributed by atoms with Gasteiger partial charge in [-0.1, -0.05) is 127 Å². The Labute approximate surface area is 291 Å². The van der Waals surface area contributed by atoms with E-state index in [2.05, 4.69) is 67.8 Å². The average molecular weight is 658 g/mol. The van der Waals surface area contributed by atoms with Gasteiger partial charge in [0.2, 0.25) is 0 Å². The minimum atomic E-state index is -0.0771. The zero-order valence-corrected chi connectivity index (χ0v) is 31.0. The van der Waals surface area contributed by atoms with Gasteiger partial charge in [0.05, 0.1) is 13.2 Å². The quantitative estimate of drug-likeness (QED) is 0.0413. The first-order valence-corrected chi connectivity index (χ1v) is 19.8. The summed E-state index contributed by atoms with van der Waals surface area (Å²) < 4.78 is 10.7. The van der Waals surface area contributed by atoms with Crippen LogP contribution in [0.1, 0.15) is 181 Å². The van der Waals surface area contributed by atoms with E-state index in [9.17, 15) is 9.59 Å². The van der Waals surface area contributed by atoms with E-state index in [0.717, 1.165) is 77.3 Å². The fourth-order valence-electron chi connectivity index (χ4n) is 5.20. The molecule has 0 aliphatic rings. The molecular formula is C42H75NO4. The predicted molar refractivity (Wildman–Crippen MR) is 203 cm³/mol. The van der Waals surface area contributed by atoms with Gasteiger partial charge in [-0.2, -0.15) is 0 Å². The first-order chi connectivity index (χ1) is 23.2. The molecule has 47 heavy (non-hydrogen) atoms. The van der Waals surface area contributed by atoms with Crippen molar-refractivity contribution in [2.75, 3.05) is 26.3 Å². The largest absolute Gasteiger partial charge is 0.466 e. The molecule has 0 spiro atoms. The number of hydrogen-bond donors (Lipinski definition) is 1. The van der Waals surface area contributed by atoms with Crippen molar-refractivity contribution in [1.29, 1.82) is 0 Å². The summed E-state index contributed by atoms with van der Waals surface area (Å²) in [5.41, 5.74) is 0. The van der Waals surface area contributed by atoms with Crippen LogP contribution in [0.2, 0.25) is 0 Å². The van der Waals surface area contributed by atoms with Crippen LogP contribution in [0.25, 0.3) is 0 Å². The number of carbonyl (C=O) groups is 2. The zero-order valence-electron chi connectivity index (χ0n) is 31.0. The molecule has 0 aliphatic carbocycles. The van der Waals surface area contributed by atoms with Crippen LogP contribution >= 0.6 is 0 Å². The van der Waals surface area contributed by atoms with Crippen molar-refractivity contribution in [1.82, 2.24) is 5.32 Å². The van der Waals surface area contributed by atoms with E-state index in [1.165, 1.54) is 89.9 Å². The molecular weight excluding hydrogens is 582 g/mol. The normalized spacial score (nSPS) is 12.0. The number of ether oxygens (including phenoxy) is 2. The summed E-state index contributed by atoms with van der Waals surface area (Å²) in [5.74, 6) is -0.154. The van der Waals surface area contributed by atoms with Gasteiger partial charge in [0.25, 0.3) is 0 Å². The molecule has 0 fully saturated rings. The number of carbonyl (C=O) groups excluding carboxylic acids is 2. The van der Waals surface area contributed by atoms with Crippen LogP contribution in [-0.2, 0) is 19.1 Å². The van der Waals surface area contributed by atoms with Crippen LogP contribution < -0.4 is 5.32 Å². The Balaban J connectivity index is 3.34. The molecule has 0 radical (unpaired) electrons. The van der Waals surface area contributed by atoms with Crippen molar-refractivity contribution >= 4 is 11.9 Å². The van der Waals surface area contributed by atoms with Crippen molar-refractivity contribution in [3.05, 3.63) is 48.6 Å². The fourth-order valence-corrected chi connectivity index (χ4v) is 5.20. The lowest BCUT2D eigenvalue weighted by Crippen LogP contribution is -2.20. The number of unbranched alkanes of at least 4 members (excludes halogenated alkanes) is 16. The number of esters is 2. The maximum atomic E-state index is 11.9. The average Bonchev–Trinajstić information content (AvgIpc) is 3.07. The van der Waals surface area contributed by atoms with Crippen molar-refractivity contribution in [3.8, 4) is 0 Å². The van der Waals surface area contributed by atoms with Crippen LogP contribution in [-0.4, -0.2) is 38.2 Å². The van der Waals surface area contributed by atoms with E-state index in [1.807, 2.05) is 0 Å². The molecule has 0 aliphatic heterocycles. The monoisotopic (exact) mass is 658 g/mol. The standard InChI is InChI=1S/C42H75NO4/c1-3-5-7-9-11-13-15-17-19-21-23-25-27-29-31-35-41(44)46-39-33-37-43-38-34-40-47-42(45)36-32-30-28-26-24-22-20-18-16-14-12-10-8-6-4-2/h11-14,17-20,43H,3-10,15-16,21-40H2,1-2H3/b13-11-,14-12-,19-17-,20-18-. The van der Waals surface area contributed by atoms with Crippen LogP contribution in [0.3, 0.4) is 0 Å². The molecule has 0 bridgehead atoms.